The second-order valence-corrected chi connectivity index (χ2v) is 6.03. The molecule has 3 aromatic rings. The van der Waals surface area contributed by atoms with Gasteiger partial charge in [-0.15, -0.1) is 11.3 Å². The fourth-order valence-electron chi connectivity index (χ4n) is 1.93. The van der Waals surface area contributed by atoms with Gasteiger partial charge in [0.25, 0.3) is 0 Å². The van der Waals surface area contributed by atoms with Gasteiger partial charge in [-0.25, -0.2) is 14.3 Å². The quantitative estimate of drug-likeness (QED) is 0.655. The van der Waals surface area contributed by atoms with Gasteiger partial charge >= 0.3 is 12.0 Å². The van der Waals surface area contributed by atoms with E-state index in [1.54, 1.807) is 35.8 Å². The zero-order chi connectivity index (χ0) is 17.1. The number of hydrogen-bond acceptors (Lipinski definition) is 4. The van der Waals surface area contributed by atoms with Gasteiger partial charge in [-0.2, -0.15) is 5.10 Å². The molecule has 0 saturated heterocycles. The van der Waals surface area contributed by atoms with E-state index in [2.05, 4.69) is 15.7 Å². The first-order valence-corrected chi connectivity index (χ1v) is 7.98. The standard InChI is InChI=1S/C15H11ClN4O3S/c16-11-3-1-2-4-12(11)19-15(23)18-9-6-17-20(7-9)10-5-13(14(21)22)24-8-10/h1-8H,(H,21,22)(H2,18,19,23). The third-order valence-electron chi connectivity index (χ3n) is 3.02. The van der Waals surface area contributed by atoms with Crippen LogP contribution < -0.4 is 10.6 Å². The van der Waals surface area contributed by atoms with Crippen LogP contribution in [0, 0.1) is 0 Å². The van der Waals surface area contributed by atoms with Crippen molar-refractivity contribution < 1.29 is 14.7 Å². The van der Waals surface area contributed by atoms with Crippen LogP contribution in [0.25, 0.3) is 5.69 Å². The number of nitrogens with one attached hydrogen (secondary N) is 2. The highest BCUT2D eigenvalue weighted by atomic mass is 35.5. The van der Waals surface area contributed by atoms with Crippen LogP contribution in [0.1, 0.15) is 9.67 Å². The van der Waals surface area contributed by atoms with Crippen LogP contribution in [0.15, 0.2) is 48.1 Å². The maximum absolute atomic E-state index is 12.0. The molecule has 1 aromatic carbocycles. The van der Waals surface area contributed by atoms with E-state index in [0.717, 1.165) is 11.3 Å². The molecule has 0 saturated carbocycles. The predicted molar refractivity (Wildman–Crippen MR) is 92.5 cm³/mol. The number of carbonyl (C=O) groups is 2. The Kier molecular flexibility index (Phi) is 4.50. The van der Waals surface area contributed by atoms with Gasteiger partial charge in [-0.05, 0) is 18.2 Å². The van der Waals surface area contributed by atoms with Crippen molar-refractivity contribution in [3.05, 3.63) is 58.0 Å². The maximum Gasteiger partial charge on any atom is 0.345 e. The van der Waals surface area contributed by atoms with Crippen molar-refractivity contribution in [2.45, 2.75) is 0 Å². The maximum atomic E-state index is 12.0. The number of halogens is 1. The number of hydrogen-bond donors (Lipinski definition) is 3. The van der Waals surface area contributed by atoms with Gasteiger partial charge in [0.05, 0.1) is 34.5 Å². The van der Waals surface area contributed by atoms with Crippen molar-refractivity contribution in [3.63, 3.8) is 0 Å². The van der Waals surface area contributed by atoms with E-state index < -0.39 is 12.0 Å². The zero-order valence-electron chi connectivity index (χ0n) is 12.1. The summed E-state index contributed by atoms with van der Waals surface area (Å²) in [5.41, 5.74) is 1.56. The van der Waals surface area contributed by atoms with Gasteiger partial charge in [-0.1, -0.05) is 23.7 Å². The Hall–Kier alpha value is -2.84. The summed E-state index contributed by atoms with van der Waals surface area (Å²) < 4.78 is 1.48. The highest BCUT2D eigenvalue weighted by molar-refractivity contribution is 7.12. The molecule has 0 atom stereocenters. The van der Waals surface area contributed by atoms with Gasteiger partial charge in [0, 0.05) is 5.38 Å². The molecular formula is C15H11ClN4O3S. The SMILES string of the molecule is O=C(Nc1cnn(-c2csc(C(=O)O)c2)c1)Nc1ccccc1Cl. The Morgan fingerprint density at radius 2 is 2.04 bits per heavy atom. The molecule has 0 aliphatic carbocycles. The second-order valence-electron chi connectivity index (χ2n) is 4.71. The molecule has 0 aliphatic heterocycles. The average Bonchev–Trinajstić information content (AvgIpc) is 3.18. The first kappa shape index (κ1) is 16.0. The number of urea groups is 1. The summed E-state index contributed by atoms with van der Waals surface area (Å²) in [6, 6.07) is 7.93. The molecule has 2 heterocycles. The lowest BCUT2D eigenvalue weighted by atomic mass is 10.3. The molecule has 0 spiro atoms. The van der Waals surface area contributed by atoms with E-state index in [1.165, 1.54) is 16.9 Å². The molecule has 0 radical (unpaired) electrons. The number of para-hydroxylation sites is 1. The Balaban J connectivity index is 1.68. The normalized spacial score (nSPS) is 10.4. The summed E-state index contributed by atoms with van der Waals surface area (Å²) in [7, 11) is 0. The lowest BCUT2D eigenvalue weighted by Crippen LogP contribution is -2.19. The topological polar surface area (TPSA) is 96.2 Å². The molecule has 0 unspecified atom stereocenters. The predicted octanol–water partition coefficient (Wildman–Crippen LogP) is 3.93. The van der Waals surface area contributed by atoms with Gasteiger partial charge in [0.1, 0.15) is 4.88 Å². The number of amides is 2. The minimum atomic E-state index is -0.990. The van der Waals surface area contributed by atoms with Crippen molar-refractivity contribution >= 4 is 46.3 Å². The van der Waals surface area contributed by atoms with E-state index in [0.29, 0.717) is 22.1 Å². The number of carboxylic acids is 1. The van der Waals surface area contributed by atoms with Crippen molar-refractivity contribution in [3.8, 4) is 5.69 Å². The molecule has 122 valence electrons. The molecule has 2 amide bonds. The van der Waals surface area contributed by atoms with E-state index in [1.807, 2.05) is 0 Å². The van der Waals surface area contributed by atoms with Crippen LogP contribution in [0.3, 0.4) is 0 Å². The third kappa shape index (κ3) is 3.55. The summed E-state index contributed by atoms with van der Waals surface area (Å²) in [5, 5.41) is 20.4. The van der Waals surface area contributed by atoms with Gasteiger partial charge in [0.15, 0.2) is 0 Å². The molecule has 0 fully saturated rings. The lowest BCUT2D eigenvalue weighted by molar-refractivity contribution is 0.0702. The lowest BCUT2D eigenvalue weighted by Gasteiger charge is -2.07. The van der Waals surface area contributed by atoms with Gasteiger partial charge < -0.3 is 15.7 Å². The molecule has 3 N–H and O–H groups in total. The Morgan fingerprint density at radius 1 is 1.25 bits per heavy atom. The smallest absolute Gasteiger partial charge is 0.345 e. The average molecular weight is 363 g/mol. The first-order valence-electron chi connectivity index (χ1n) is 6.72. The van der Waals surface area contributed by atoms with Crippen LogP contribution in [0.5, 0.6) is 0 Å². The van der Waals surface area contributed by atoms with Crippen LogP contribution in [0.4, 0.5) is 16.2 Å². The first-order chi connectivity index (χ1) is 11.5. The van der Waals surface area contributed by atoms with Crippen molar-refractivity contribution in [1.82, 2.24) is 9.78 Å². The molecule has 2 aromatic heterocycles. The fourth-order valence-corrected chi connectivity index (χ4v) is 2.83. The number of aromatic carboxylic acids is 1. The highest BCUT2D eigenvalue weighted by Gasteiger charge is 2.11. The minimum Gasteiger partial charge on any atom is -0.477 e. The minimum absolute atomic E-state index is 0.214. The largest absolute Gasteiger partial charge is 0.477 e. The summed E-state index contributed by atoms with van der Waals surface area (Å²) in [6.07, 6.45) is 3.05. The molecule has 3 rings (SSSR count). The summed E-state index contributed by atoms with van der Waals surface area (Å²) in [5.74, 6) is -0.990. The molecule has 0 aliphatic rings. The highest BCUT2D eigenvalue weighted by Crippen LogP contribution is 2.21. The van der Waals surface area contributed by atoms with E-state index in [9.17, 15) is 9.59 Å². The molecule has 0 bridgehead atoms. The van der Waals surface area contributed by atoms with Crippen LogP contribution in [0.2, 0.25) is 5.02 Å². The van der Waals surface area contributed by atoms with Crippen molar-refractivity contribution in [1.29, 1.82) is 0 Å². The van der Waals surface area contributed by atoms with Crippen molar-refractivity contribution in [2.75, 3.05) is 10.6 Å². The Bertz CT molecular complexity index is 906. The van der Waals surface area contributed by atoms with Crippen LogP contribution in [-0.4, -0.2) is 26.9 Å². The fraction of sp³-hybridized carbons (Fsp3) is 0. The van der Waals surface area contributed by atoms with E-state index >= 15 is 0 Å². The molecule has 24 heavy (non-hydrogen) atoms. The number of anilines is 2. The number of carboxylic acid groups (broad SMARTS) is 1. The number of aromatic nitrogens is 2. The van der Waals surface area contributed by atoms with Crippen LogP contribution in [-0.2, 0) is 0 Å². The van der Waals surface area contributed by atoms with Crippen molar-refractivity contribution in [2.24, 2.45) is 0 Å². The Morgan fingerprint density at radius 3 is 2.75 bits per heavy atom. The number of thiophene rings is 1. The second kappa shape index (κ2) is 6.73. The van der Waals surface area contributed by atoms with Gasteiger partial charge in [0.2, 0.25) is 0 Å². The number of rotatable bonds is 4. The number of nitrogens with zero attached hydrogens (tertiary/aromatic N) is 2. The monoisotopic (exact) mass is 362 g/mol. The summed E-state index contributed by atoms with van der Waals surface area (Å²) in [4.78, 5) is 23.1. The Labute approximate surface area is 145 Å². The molecular weight excluding hydrogens is 352 g/mol. The summed E-state index contributed by atoms with van der Waals surface area (Å²) >= 11 is 7.08. The third-order valence-corrected chi connectivity index (χ3v) is 4.26. The molecule has 9 heteroatoms. The molecule has 7 nitrogen and oxygen atoms in total. The van der Waals surface area contributed by atoms with E-state index in [-0.39, 0.29) is 4.88 Å². The zero-order valence-corrected chi connectivity index (χ0v) is 13.6. The van der Waals surface area contributed by atoms with E-state index in [4.69, 9.17) is 16.7 Å². The summed E-state index contributed by atoms with van der Waals surface area (Å²) in [6.45, 7) is 0. The number of carbonyl (C=O) groups excluding carboxylic acids is 1. The number of benzene rings is 1. The van der Waals surface area contributed by atoms with Crippen LogP contribution >= 0.6 is 22.9 Å². The van der Waals surface area contributed by atoms with Gasteiger partial charge in [-0.3, -0.25) is 0 Å².